The van der Waals surface area contributed by atoms with Crippen LogP contribution in [0, 0.1) is 6.92 Å². The molecular formula is C13H14N2O9S2. The number of anilines is 1. The molecule has 0 atom stereocenters. The van der Waals surface area contributed by atoms with E-state index in [9.17, 15) is 31.0 Å². The number of aryl methyl sites for hydroxylation is 1. The van der Waals surface area contributed by atoms with Gasteiger partial charge in [-0.2, -0.15) is 16.8 Å². The first kappa shape index (κ1) is 19.8. The largest absolute Gasteiger partial charge is 0.480 e. The van der Waals surface area contributed by atoms with Gasteiger partial charge in [-0.05, 0) is 24.6 Å². The molecule has 142 valence electrons. The molecule has 4 N–H and O–H groups in total. The molecule has 1 aromatic carbocycles. The van der Waals surface area contributed by atoms with E-state index in [1.54, 1.807) is 0 Å². The maximum Gasteiger partial charge on any atom is 0.323 e. The third-order valence-electron chi connectivity index (χ3n) is 3.44. The fourth-order valence-corrected chi connectivity index (χ4v) is 3.40. The zero-order valence-corrected chi connectivity index (χ0v) is 14.8. The van der Waals surface area contributed by atoms with Crippen molar-refractivity contribution in [3.8, 4) is 0 Å². The third-order valence-corrected chi connectivity index (χ3v) is 4.84. The standard InChI is InChI=1S/C13H14N2O9S2/c1-7-2-12(16)15(5-13(17)18)10-4-9(14-6-25(19,20)21)11(3-8(7)10)26(22,23)24/h2-4,14H,5-6H2,1H3,(H,17,18)(H,19,20,21)(H,22,23,24). The number of hydrogen-bond donors (Lipinski definition) is 4. The number of carboxylic acid groups (broad SMARTS) is 1. The van der Waals surface area contributed by atoms with Gasteiger partial charge in [-0.3, -0.25) is 23.3 Å². The SMILES string of the molecule is Cc1cc(=O)n(CC(=O)O)c2cc(NCS(=O)(=O)O)c(S(=O)(=O)O)cc12. The molecule has 0 saturated carbocycles. The first-order chi connectivity index (χ1) is 11.8. The predicted octanol–water partition coefficient (Wildman–Crippen LogP) is -0.102. The van der Waals surface area contributed by atoms with Gasteiger partial charge in [-0.25, -0.2) is 0 Å². The summed E-state index contributed by atoms with van der Waals surface area (Å²) in [5.41, 5.74) is -0.778. The van der Waals surface area contributed by atoms with Crippen LogP contribution in [-0.4, -0.2) is 47.5 Å². The summed E-state index contributed by atoms with van der Waals surface area (Å²) >= 11 is 0. The number of pyridine rings is 1. The molecular weight excluding hydrogens is 392 g/mol. The van der Waals surface area contributed by atoms with E-state index in [1.807, 2.05) is 0 Å². The van der Waals surface area contributed by atoms with E-state index in [4.69, 9.17) is 9.66 Å². The highest BCUT2D eigenvalue weighted by molar-refractivity contribution is 7.86. The molecule has 0 aliphatic carbocycles. The van der Waals surface area contributed by atoms with Crippen LogP contribution in [0.5, 0.6) is 0 Å². The Bertz CT molecular complexity index is 1160. The van der Waals surface area contributed by atoms with E-state index in [1.165, 1.54) is 6.92 Å². The minimum absolute atomic E-state index is 0.00244. The summed E-state index contributed by atoms with van der Waals surface area (Å²) < 4.78 is 64.0. The summed E-state index contributed by atoms with van der Waals surface area (Å²) in [5, 5.41) is 11.3. The number of nitrogens with one attached hydrogen (secondary N) is 1. The molecule has 1 aromatic heterocycles. The lowest BCUT2D eigenvalue weighted by molar-refractivity contribution is -0.137. The molecule has 0 radical (unpaired) electrons. The van der Waals surface area contributed by atoms with Gasteiger partial charge in [0, 0.05) is 11.5 Å². The second kappa shape index (κ2) is 6.68. The quantitative estimate of drug-likeness (QED) is 0.473. The summed E-state index contributed by atoms with van der Waals surface area (Å²) in [6, 6.07) is 3.09. The molecule has 2 aromatic rings. The van der Waals surface area contributed by atoms with E-state index >= 15 is 0 Å². The number of fused-ring (bicyclic) bond motifs is 1. The number of hydrogen-bond acceptors (Lipinski definition) is 7. The number of aromatic nitrogens is 1. The number of carboxylic acids is 1. The van der Waals surface area contributed by atoms with Crippen molar-refractivity contribution >= 4 is 42.8 Å². The van der Waals surface area contributed by atoms with Crippen LogP contribution in [0.15, 0.2) is 27.9 Å². The van der Waals surface area contributed by atoms with E-state index in [0.717, 1.165) is 22.8 Å². The van der Waals surface area contributed by atoms with Crippen molar-refractivity contribution in [1.82, 2.24) is 4.57 Å². The fraction of sp³-hybridized carbons (Fsp3) is 0.231. The monoisotopic (exact) mass is 406 g/mol. The molecule has 0 fully saturated rings. The smallest absolute Gasteiger partial charge is 0.323 e. The molecule has 0 unspecified atom stereocenters. The van der Waals surface area contributed by atoms with E-state index < -0.39 is 54.8 Å². The molecule has 1 heterocycles. The van der Waals surface area contributed by atoms with Crippen molar-refractivity contribution in [3.63, 3.8) is 0 Å². The van der Waals surface area contributed by atoms with Crippen LogP contribution in [0.4, 0.5) is 5.69 Å². The van der Waals surface area contributed by atoms with Crippen molar-refractivity contribution in [1.29, 1.82) is 0 Å². The summed E-state index contributed by atoms with van der Waals surface area (Å²) in [6.45, 7) is 0.756. The van der Waals surface area contributed by atoms with Crippen molar-refractivity contribution < 1.29 is 35.8 Å². The zero-order valence-electron chi connectivity index (χ0n) is 13.2. The first-order valence-corrected chi connectivity index (χ1v) is 9.91. The highest BCUT2D eigenvalue weighted by Crippen LogP contribution is 2.29. The maximum atomic E-state index is 12.1. The number of carbonyl (C=O) groups is 1. The Morgan fingerprint density at radius 3 is 2.27 bits per heavy atom. The van der Waals surface area contributed by atoms with Crippen LogP contribution in [0.2, 0.25) is 0 Å². The maximum absolute atomic E-state index is 12.1. The van der Waals surface area contributed by atoms with Crippen LogP contribution in [-0.2, 0) is 31.6 Å². The lowest BCUT2D eigenvalue weighted by Crippen LogP contribution is -2.24. The predicted molar refractivity (Wildman–Crippen MR) is 90.4 cm³/mol. The Labute approximate surface area is 147 Å². The second-order valence-corrected chi connectivity index (χ2v) is 8.23. The molecule has 26 heavy (non-hydrogen) atoms. The van der Waals surface area contributed by atoms with Gasteiger partial charge in [-0.1, -0.05) is 0 Å². The fourth-order valence-electron chi connectivity index (χ4n) is 2.39. The second-order valence-electron chi connectivity index (χ2n) is 5.39. The zero-order chi connectivity index (χ0) is 19.9. The Balaban J connectivity index is 2.87. The highest BCUT2D eigenvalue weighted by atomic mass is 32.2. The molecule has 2 rings (SSSR count). The first-order valence-electron chi connectivity index (χ1n) is 6.86. The van der Waals surface area contributed by atoms with E-state index in [0.29, 0.717) is 5.56 Å². The molecule has 0 aliphatic rings. The van der Waals surface area contributed by atoms with Crippen molar-refractivity contribution in [2.75, 3.05) is 11.2 Å². The Morgan fingerprint density at radius 2 is 1.77 bits per heavy atom. The molecule has 0 spiro atoms. The lowest BCUT2D eigenvalue weighted by Gasteiger charge is -2.15. The van der Waals surface area contributed by atoms with Gasteiger partial charge in [0.25, 0.3) is 25.8 Å². The van der Waals surface area contributed by atoms with Crippen LogP contribution >= 0.6 is 0 Å². The van der Waals surface area contributed by atoms with Gasteiger partial charge in [0.1, 0.15) is 17.3 Å². The van der Waals surface area contributed by atoms with Gasteiger partial charge >= 0.3 is 5.97 Å². The van der Waals surface area contributed by atoms with E-state index in [2.05, 4.69) is 5.32 Å². The summed E-state index contributed by atoms with van der Waals surface area (Å²) in [6.07, 6.45) is 0. The summed E-state index contributed by atoms with van der Waals surface area (Å²) in [5.74, 6) is -2.40. The average Bonchev–Trinajstić information content (AvgIpc) is 2.46. The highest BCUT2D eigenvalue weighted by Gasteiger charge is 2.21. The Morgan fingerprint density at radius 1 is 1.15 bits per heavy atom. The number of nitrogens with zero attached hydrogens (tertiary/aromatic N) is 1. The minimum Gasteiger partial charge on any atom is -0.480 e. The molecule has 0 aliphatic heterocycles. The molecule has 0 amide bonds. The molecule has 11 nitrogen and oxygen atoms in total. The van der Waals surface area contributed by atoms with Crippen molar-refractivity contribution in [3.05, 3.63) is 34.1 Å². The third kappa shape index (κ3) is 4.37. The van der Waals surface area contributed by atoms with Crippen LogP contribution in [0.25, 0.3) is 10.9 Å². The number of benzene rings is 1. The van der Waals surface area contributed by atoms with Crippen LogP contribution < -0.4 is 10.9 Å². The molecule has 13 heteroatoms. The minimum atomic E-state index is -4.80. The average molecular weight is 406 g/mol. The molecule has 0 saturated heterocycles. The van der Waals surface area contributed by atoms with Crippen LogP contribution in [0.3, 0.4) is 0 Å². The summed E-state index contributed by atoms with van der Waals surface area (Å²) in [4.78, 5) is 22.4. The Hall–Kier alpha value is -2.48. The van der Waals surface area contributed by atoms with Crippen molar-refractivity contribution in [2.24, 2.45) is 0 Å². The van der Waals surface area contributed by atoms with Crippen molar-refractivity contribution in [2.45, 2.75) is 18.4 Å². The van der Waals surface area contributed by atoms with E-state index in [-0.39, 0.29) is 10.9 Å². The molecule has 0 bridgehead atoms. The number of aliphatic carboxylic acids is 1. The normalized spacial score (nSPS) is 12.3. The van der Waals surface area contributed by atoms with Gasteiger partial charge in [-0.15, -0.1) is 0 Å². The van der Waals surface area contributed by atoms with Gasteiger partial charge in [0.2, 0.25) is 0 Å². The lowest BCUT2D eigenvalue weighted by atomic mass is 10.1. The Kier molecular flexibility index (Phi) is 5.10. The van der Waals surface area contributed by atoms with Gasteiger partial charge in [0.05, 0.1) is 11.2 Å². The number of rotatable bonds is 6. The van der Waals surface area contributed by atoms with Gasteiger partial charge in [0.15, 0.2) is 0 Å². The van der Waals surface area contributed by atoms with Crippen LogP contribution in [0.1, 0.15) is 5.56 Å². The van der Waals surface area contributed by atoms with Gasteiger partial charge < -0.3 is 10.4 Å². The topological polar surface area (TPSA) is 180 Å². The summed E-state index contributed by atoms with van der Waals surface area (Å²) in [7, 11) is -9.33.